The van der Waals surface area contributed by atoms with Crippen molar-refractivity contribution < 1.29 is 9.53 Å². The van der Waals surface area contributed by atoms with Crippen LogP contribution < -0.4 is 5.32 Å². The fraction of sp³-hybridized carbons (Fsp3) is 0.688. The van der Waals surface area contributed by atoms with E-state index >= 15 is 0 Å². The highest BCUT2D eigenvalue weighted by Crippen LogP contribution is 2.21. The van der Waals surface area contributed by atoms with Crippen LogP contribution in [0.3, 0.4) is 0 Å². The van der Waals surface area contributed by atoms with Gasteiger partial charge in [0.05, 0.1) is 6.04 Å². The first kappa shape index (κ1) is 17.8. The Labute approximate surface area is 142 Å². The minimum absolute atomic E-state index is 0.131. The minimum atomic E-state index is -0.466. The molecule has 0 saturated carbocycles. The van der Waals surface area contributed by atoms with Crippen molar-refractivity contribution in [2.75, 3.05) is 24.7 Å². The summed E-state index contributed by atoms with van der Waals surface area (Å²) in [5, 5.41) is 4.06. The average molecular weight is 338 g/mol. The highest BCUT2D eigenvalue weighted by atomic mass is 32.2. The quantitative estimate of drug-likeness (QED) is 0.670. The number of nitrogens with one attached hydrogen (secondary N) is 1. The molecule has 1 atom stereocenters. The predicted octanol–water partition coefficient (Wildman–Crippen LogP) is 3.40. The number of rotatable bonds is 4. The van der Waals surface area contributed by atoms with E-state index in [2.05, 4.69) is 15.3 Å². The highest BCUT2D eigenvalue weighted by Gasteiger charge is 2.30. The molecular weight excluding hydrogens is 312 g/mol. The fourth-order valence-corrected chi connectivity index (χ4v) is 2.89. The summed E-state index contributed by atoms with van der Waals surface area (Å²) in [6, 6.07) is 1.98. The molecule has 0 spiro atoms. The maximum atomic E-state index is 12.4. The van der Waals surface area contributed by atoms with Crippen LogP contribution >= 0.6 is 11.8 Å². The highest BCUT2D eigenvalue weighted by molar-refractivity contribution is 7.98. The van der Waals surface area contributed by atoms with E-state index in [4.69, 9.17) is 4.74 Å². The first-order valence-corrected chi connectivity index (χ1v) is 9.22. The van der Waals surface area contributed by atoms with Crippen LogP contribution in [0.2, 0.25) is 0 Å². The van der Waals surface area contributed by atoms with Crippen LogP contribution in [0.4, 0.5) is 10.6 Å². The van der Waals surface area contributed by atoms with Crippen molar-refractivity contribution >= 4 is 23.7 Å². The first-order valence-electron chi connectivity index (χ1n) is 7.99. The number of piperidine rings is 1. The summed E-state index contributed by atoms with van der Waals surface area (Å²) in [6.45, 7) is 7.11. The molecule has 1 N–H and O–H groups in total. The molecule has 2 heterocycles. The Bertz CT molecular complexity index is 533. The van der Waals surface area contributed by atoms with Crippen molar-refractivity contribution in [3.8, 4) is 0 Å². The van der Waals surface area contributed by atoms with Gasteiger partial charge in [0.1, 0.15) is 11.4 Å². The number of anilines is 1. The van der Waals surface area contributed by atoms with Gasteiger partial charge in [-0.3, -0.25) is 0 Å². The van der Waals surface area contributed by atoms with Crippen molar-refractivity contribution in [3.63, 3.8) is 0 Å². The number of amides is 1. The van der Waals surface area contributed by atoms with Crippen molar-refractivity contribution in [2.45, 2.75) is 56.8 Å². The van der Waals surface area contributed by atoms with Gasteiger partial charge in [0.15, 0.2) is 5.16 Å². The lowest BCUT2D eigenvalue weighted by Crippen LogP contribution is -2.48. The molecule has 1 aromatic heterocycles. The number of ether oxygens (including phenoxy) is 1. The Hall–Kier alpha value is -1.50. The SMILES string of the molecule is CSc1nccc(NCC2CCCCN2C(=O)OC(C)(C)C)n1. The first-order chi connectivity index (χ1) is 10.9. The molecule has 6 nitrogen and oxygen atoms in total. The fourth-order valence-electron chi connectivity index (χ4n) is 2.53. The topological polar surface area (TPSA) is 67.4 Å². The summed E-state index contributed by atoms with van der Waals surface area (Å²) in [4.78, 5) is 22.8. The van der Waals surface area contributed by atoms with Gasteiger partial charge in [-0.1, -0.05) is 11.8 Å². The van der Waals surface area contributed by atoms with Gasteiger partial charge in [0.2, 0.25) is 0 Å². The number of carbonyl (C=O) groups is 1. The summed E-state index contributed by atoms with van der Waals surface area (Å²) < 4.78 is 5.53. The lowest BCUT2D eigenvalue weighted by Gasteiger charge is -2.36. The number of carbonyl (C=O) groups excluding carboxylic acids is 1. The van der Waals surface area contributed by atoms with Crippen LogP contribution in [0.5, 0.6) is 0 Å². The zero-order valence-electron chi connectivity index (χ0n) is 14.3. The number of aromatic nitrogens is 2. The summed E-state index contributed by atoms with van der Waals surface area (Å²) in [7, 11) is 0. The third-order valence-electron chi connectivity index (χ3n) is 3.59. The Morgan fingerprint density at radius 1 is 1.48 bits per heavy atom. The Kier molecular flexibility index (Phi) is 6.10. The van der Waals surface area contributed by atoms with Gasteiger partial charge in [-0.25, -0.2) is 14.8 Å². The van der Waals surface area contributed by atoms with Gasteiger partial charge in [-0.2, -0.15) is 0 Å². The van der Waals surface area contributed by atoms with Crippen molar-refractivity contribution in [2.24, 2.45) is 0 Å². The van der Waals surface area contributed by atoms with Crippen LogP contribution in [0.15, 0.2) is 17.4 Å². The molecule has 0 radical (unpaired) electrons. The standard InChI is InChI=1S/C16H26N4O2S/c1-16(2,3)22-15(21)20-10-6-5-7-12(20)11-18-13-8-9-17-14(19-13)23-4/h8-9,12H,5-7,10-11H2,1-4H3,(H,17,18,19). The second kappa shape index (κ2) is 7.86. The molecular formula is C16H26N4O2S. The predicted molar refractivity (Wildman–Crippen MR) is 92.9 cm³/mol. The molecule has 128 valence electrons. The van der Waals surface area contributed by atoms with Crippen molar-refractivity contribution in [1.29, 1.82) is 0 Å². The lowest BCUT2D eigenvalue weighted by molar-refractivity contribution is 0.0114. The van der Waals surface area contributed by atoms with Crippen LogP contribution in [-0.2, 0) is 4.74 Å². The molecule has 1 fully saturated rings. The molecule has 1 aliphatic heterocycles. The second-order valence-corrected chi connectivity index (χ2v) is 7.41. The summed E-state index contributed by atoms with van der Waals surface area (Å²) in [6.07, 6.45) is 6.60. The van der Waals surface area contributed by atoms with Gasteiger partial charge in [0.25, 0.3) is 0 Å². The van der Waals surface area contributed by atoms with Gasteiger partial charge in [0, 0.05) is 19.3 Å². The molecule has 0 aliphatic carbocycles. The zero-order chi connectivity index (χ0) is 16.9. The minimum Gasteiger partial charge on any atom is -0.444 e. The van der Waals surface area contributed by atoms with E-state index in [1.165, 1.54) is 11.8 Å². The molecule has 1 unspecified atom stereocenters. The maximum absolute atomic E-state index is 12.4. The van der Waals surface area contributed by atoms with Gasteiger partial charge in [-0.05, 0) is 52.4 Å². The second-order valence-electron chi connectivity index (χ2n) is 6.63. The van der Waals surface area contributed by atoms with E-state index in [9.17, 15) is 4.79 Å². The smallest absolute Gasteiger partial charge is 0.410 e. The maximum Gasteiger partial charge on any atom is 0.410 e. The monoisotopic (exact) mass is 338 g/mol. The van der Waals surface area contributed by atoms with E-state index in [0.717, 1.165) is 36.8 Å². The zero-order valence-corrected chi connectivity index (χ0v) is 15.2. The number of hydrogen-bond acceptors (Lipinski definition) is 6. The van der Waals surface area contributed by atoms with Crippen molar-refractivity contribution in [1.82, 2.24) is 14.9 Å². The van der Waals surface area contributed by atoms with E-state index in [1.807, 2.05) is 38.0 Å². The Morgan fingerprint density at radius 2 is 2.26 bits per heavy atom. The molecule has 7 heteroatoms. The molecule has 2 rings (SSSR count). The summed E-state index contributed by atoms with van der Waals surface area (Å²) in [5.41, 5.74) is -0.466. The number of nitrogens with zero attached hydrogens (tertiary/aromatic N) is 3. The molecule has 23 heavy (non-hydrogen) atoms. The summed E-state index contributed by atoms with van der Waals surface area (Å²) in [5.74, 6) is 0.791. The van der Waals surface area contributed by atoms with Gasteiger partial charge in [-0.15, -0.1) is 0 Å². The largest absolute Gasteiger partial charge is 0.444 e. The van der Waals surface area contributed by atoms with E-state index in [1.54, 1.807) is 6.20 Å². The number of likely N-dealkylation sites (tertiary alicyclic amines) is 1. The summed E-state index contributed by atoms with van der Waals surface area (Å²) >= 11 is 1.51. The molecule has 0 bridgehead atoms. The van der Waals surface area contributed by atoms with Crippen LogP contribution in [-0.4, -0.2) is 51.9 Å². The van der Waals surface area contributed by atoms with Gasteiger partial charge >= 0.3 is 6.09 Å². The van der Waals surface area contributed by atoms with Crippen LogP contribution in [0, 0.1) is 0 Å². The molecule has 1 aliphatic rings. The molecule has 1 amide bonds. The molecule has 1 aromatic rings. The van der Waals surface area contributed by atoms with Crippen LogP contribution in [0.25, 0.3) is 0 Å². The normalized spacial score (nSPS) is 18.6. The van der Waals surface area contributed by atoms with E-state index < -0.39 is 5.60 Å². The Morgan fingerprint density at radius 3 is 2.96 bits per heavy atom. The van der Waals surface area contributed by atoms with Crippen molar-refractivity contribution in [3.05, 3.63) is 12.3 Å². The molecule has 0 aromatic carbocycles. The van der Waals surface area contributed by atoms with Gasteiger partial charge < -0.3 is 15.0 Å². The Balaban J connectivity index is 1.96. The van der Waals surface area contributed by atoms with E-state index in [-0.39, 0.29) is 12.1 Å². The lowest BCUT2D eigenvalue weighted by atomic mass is 10.0. The molecule has 1 saturated heterocycles. The third-order valence-corrected chi connectivity index (χ3v) is 4.15. The number of hydrogen-bond donors (Lipinski definition) is 1. The van der Waals surface area contributed by atoms with E-state index in [0.29, 0.717) is 6.54 Å². The third kappa shape index (κ3) is 5.57. The van der Waals surface area contributed by atoms with Crippen LogP contribution in [0.1, 0.15) is 40.0 Å². The average Bonchev–Trinajstić information content (AvgIpc) is 2.52. The number of thioether (sulfide) groups is 1.